The second kappa shape index (κ2) is 6.76. The minimum absolute atomic E-state index is 0.0626. The second-order valence-corrected chi connectivity index (χ2v) is 5.59. The van der Waals surface area contributed by atoms with Gasteiger partial charge in [-0.05, 0) is 12.5 Å². The lowest BCUT2D eigenvalue weighted by Gasteiger charge is -2.37. The normalized spacial score (nSPS) is 22.7. The van der Waals surface area contributed by atoms with Crippen LogP contribution in [0.3, 0.4) is 0 Å². The quantitative estimate of drug-likeness (QED) is 0.843. The third kappa shape index (κ3) is 3.32. The summed E-state index contributed by atoms with van der Waals surface area (Å²) >= 11 is 1.57. The molecule has 2 N–H and O–H groups in total. The lowest BCUT2D eigenvalue weighted by molar-refractivity contribution is -0.150. The molecule has 0 spiro atoms. The molecule has 1 amide bonds. The summed E-state index contributed by atoms with van der Waals surface area (Å²) in [5, 5.41) is -0.187. The van der Waals surface area contributed by atoms with Gasteiger partial charge in [-0.2, -0.15) is 0 Å². The molecule has 1 unspecified atom stereocenters. The minimum atomic E-state index is -0.561. The number of hydrogen-bond acceptors (Lipinski definition) is 5. The molecule has 1 aliphatic heterocycles. The summed E-state index contributed by atoms with van der Waals surface area (Å²) in [5.41, 5.74) is 6.78. The van der Waals surface area contributed by atoms with E-state index < -0.39 is 12.0 Å². The Morgan fingerprint density at radius 1 is 1.45 bits per heavy atom. The number of hydrogen-bond donors (Lipinski definition) is 1. The Morgan fingerprint density at radius 2 is 2.15 bits per heavy atom. The van der Waals surface area contributed by atoms with Crippen LogP contribution in [0.5, 0.6) is 0 Å². The molecule has 0 radical (unpaired) electrons. The fourth-order valence-electron chi connectivity index (χ4n) is 2.09. The van der Waals surface area contributed by atoms with Crippen molar-refractivity contribution < 1.29 is 14.3 Å². The number of carbonyl (C=O) groups excluding carboxylic acids is 2. The lowest BCUT2D eigenvalue weighted by Crippen LogP contribution is -2.51. The first kappa shape index (κ1) is 14.9. The summed E-state index contributed by atoms with van der Waals surface area (Å²) in [7, 11) is 0. The molecule has 108 valence electrons. The van der Waals surface area contributed by atoms with Crippen LogP contribution >= 0.6 is 11.8 Å². The molecular formula is C14H18N2O3S. The van der Waals surface area contributed by atoms with Crippen molar-refractivity contribution in [3.63, 3.8) is 0 Å². The van der Waals surface area contributed by atoms with Crippen LogP contribution in [0.25, 0.3) is 0 Å². The highest BCUT2D eigenvalue weighted by atomic mass is 32.2. The summed E-state index contributed by atoms with van der Waals surface area (Å²) < 4.78 is 4.93. The first-order valence-corrected chi connectivity index (χ1v) is 7.56. The van der Waals surface area contributed by atoms with Crippen molar-refractivity contribution >= 4 is 23.6 Å². The first-order chi connectivity index (χ1) is 9.63. The van der Waals surface area contributed by atoms with Crippen LogP contribution in [0.2, 0.25) is 0 Å². The molecule has 20 heavy (non-hydrogen) atoms. The summed E-state index contributed by atoms with van der Waals surface area (Å²) in [6.45, 7) is 1.98. The summed E-state index contributed by atoms with van der Waals surface area (Å²) in [4.78, 5) is 25.4. The predicted octanol–water partition coefficient (Wildman–Crippen LogP) is 1.15. The molecule has 1 fully saturated rings. The van der Waals surface area contributed by atoms with E-state index in [-0.39, 0.29) is 17.8 Å². The zero-order valence-corrected chi connectivity index (χ0v) is 12.1. The maximum absolute atomic E-state index is 12.2. The van der Waals surface area contributed by atoms with Gasteiger partial charge in [-0.15, -0.1) is 11.8 Å². The highest BCUT2D eigenvalue weighted by Crippen LogP contribution is 2.36. The van der Waals surface area contributed by atoms with Gasteiger partial charge in [0.25, 0.3) is 0 Å². The number of thioether (sulfide) groups is 1. The Morgan fingerprint density at radius 3 is 2.80 bits per heavy atom. The van der Waals surface area contributed by atoms with Crippen molar-refractivity contribution in [3.05, 3.63) is 35.9 Å². The van der Waals surface area contributed by atoms with Crippen molar-refractivity contribution in [3.8, 4) is 0 Å². The molecule has 1 saturated heterocycles. The highest BCUT2D eigenvalue weighted by molar-refractivity contribution is 7.99. The molecule has 6 heteroatoms. The summed E-state index contributed by atoms with van der Waals surface area (Å²) in [5.74, 6) is -0.0558. The minimum Gasteiger partial charge on any atom is -0.465 e. The largest absolute Gasteiger partial charge is 0.465 e. The molecule has 1 aromatic carbocycles. The fraction of sp³-hybridized carbons (Fsp3) is 0.429. The number of nitrogens with zero attached hydrogens (tertiary/aromatic N) is 1. The van der Waals surface area contributed by atoms with Crippen LogP contribution in [-0.2, 0) is 14.3 Å². The maximum Gasteiger partial charge on any atom is 0.325 e. The van der Waals surface area contributed by atoms with Crippen LogP contribution in [0.15, 0.2) is 30.3 Å². The zero-order valence-electron chi connectivity index (χ0n) is 11.3. The van der Waals surface area contributed by atoms with Crippen LogP contribution < -0.4 is 5.73 Å². The smallest absolute Gasteiger partial charge is 0.325 e. The van der Waals surface area contributed by atoms with Gasteiger partial charge < -0.3 is 15.4 Å². The summed E-state index contributed by atoms with van der Waals surface area (Å²) in [6, 6.07) is 9.07. The number of esters is 1. The van der Waals surface area contributed by atoms with Gasteiger partial charge in [-0.25, -0.2) is 0 Å². The fourth-order valence-corrected chi connectivity index (χ4v) is 3.33. The molecule has 1 heterocycles. The Kier molecular flexibility index (Phi) is 5.03. The van der Waals surface area contributed by atoms with Gasteiger partial charge in [-0.1, -0.05) is 30.3 Å². The Bertz CT molecular complexity index is 481. The third-order valence-electron chi connectivity index (χ3n) is 3.01. The average Bonchev–Trinajstić information content (AvgIpc) is 2.45. The van der Waals surface area contributed by atoms with Gasteiger partial charge in [0.15, 0.2) is 0 Å². The number of ether oxygens (including phenoxy) is 1. The monoisotopic (exact) mass is 294 g/mol. The maximum atomic E-state index is 12.2. The van der Waals surface area contributed by atoms with Gasteiger partial charge in [0.1, 0.15) is 11.9 Å². The molecule has 2 atom stereocenters. The molecule has 0 aromatic heterocycles. The first-order valence-electron chi connectivity index (χ1n) is 6.51. The molecule has 0 bridgehead atoms. The van der Waals surface area contributed by atoms with Crippen molar-refractivity contribution in [2.45, 2.75) is 18.3 Å². The van der Waals surface area contributed by atoms with E-state index in [1.807, 2.05) is 30.3 Å². The molecule has 1 aromatic rings. The molecule has 1 aliphatic rings. The topological polar surface area (TPSA) is 72.6 Å². The Balaban J connectivity index is 2.20. The predicted molar refractivity (Wildman–Crippen MR) is 78.0 cm³/mol. The third-order valence-corrected chi connectivity index (χ3v) is 4.40. The van der Waals surface area contributed by atoms with Gasteiger partial charge in [0.05, 0.1) is 12.6 Å². The molecular weight excluding hydrogens is 276 g/mol. The van der Waals surface area contributed by atoms with E-state index in [1.165, 1.54) is 4.90 Å². The van der Waals surface area contributed by atoms with Crippen LogP contribution in [-0.4, -0.2) is 41.7 Å². The van der Waals surface area contributed by atoms with E-state index >= 15 is 0 Å². The Hall–Kier alpha value is -1.53. The van der Waals surface area contributed by atoms with Gasteiger partial charge in [-0.3, -0.25) is 9.59 Å². The summed E-state index contributed by atoms with van der Waals surface area (Å²) in [6.07, 6.45) is 0. The molecule has 5 nitrogen and oxygen atoms in total. The lowest BCUT2D eigenvalue weighted by atomic mass is 10.2. The van der Waals surface area contributed by atoms with Gasteiger partial charge in [0, 0.05) is 5.75 Å². The van der Waals surface area contributed by atoms with E-state index in [4.69, 9.17) is 10.5 Å². The van der Waals surface area contributed by atoms with Gasteiger partial charge in [0.2, 0.25) is 5.91 Å². The number of nitrogens with two attached hydrogens (primary N) is 1. The van der Waals surface area contributed by atoms with Crippen molar-refractivity contribution in [2.75, 3.05) is 18.9 Å². The second-order valence-electron chi connectivity index (χ2n) is 4.47. The van der Waals surface area contributed by atoms with Crippen LogP contribution in [0.1, 0.15) is 17.9 Å². The molecule has 0 saturated carbocycles. The van der Waals surface area contributed by atoms with Crippen molar-refractivity contribution in [1.29, 1.82) is 0 Å². The number of rotatable bonds is 4. The standard InChI is InChI=1S/C14H18N2O3S/c1-2-19-12(17)8-16-13(18)11(15)9-20-14(16)10-6-4-3-5-7-10/h3-7,11,14H,2,8-9,15H2,1H3/t11?,14-/m1/s1. The van der Waals surface area contributed by atoms with E-state index in [1.54, 1.807) is 18.7 Å². The molecule has 2 rings (SSSR count). The number of carbonyl (C=O) groups is 2. The molecule has 0 aliphatic carbocycles. The van der Waals surface area contributed by atoms with E-state index in [0.717, 1.165) is 5.56 Å². The van der Waals surface area contributed by atoms with Crippen molar-refractivity contribution in [2.24, 2.45) is 5.73 Å². The zero-order chi connectivity index (χ0) is 14.5. The van der Waals surface area contributed by atoms with E-state index in [2.05, 4.69) is 0 Å². The van der Waals surface area contributed by atoms with Crippen LogP contribution in [0.4, 0.5) is 0 Å². The number of benzene rings is 1. The van der Waals surface area contributed by atoms with E-state index in [9.17, 15) is 9.59 Å². The average molecular weight is 294 g/mol. The highest BCUT2D eigenvalue weighted by Gasteiger charge is 2.36. The van der Waals surface area contributed by atoms with Gasteiger partial charge >= 0.3 is 5.97 Å². The Labute approximate surface area is 122 Å². The van der Waals surface area contributed by atoms with Crippen LogP contribution in [0, 0.1) is 0 Å². The SMILES string of the molecule is CCOC(=O)CN1C(=O)C(N)CS[C@@H]1c1ccccc1. The van der Waals surface area contributed by atoms with E-state index in [0.29, 0.717) is 12.4 Å². The number of amides is 1. The van der Waals surface area contributed by atoms with Crippen molar-refractivity contribution in [1.82, 2.24) is 4.90 Å².